The molecule has 2 saturated heterocycles. The zero-order chi connectivity index (χ0) is 19.3. The van der Waals surface area contributed by atoms with E-state index in [4.69, 9.17) is 4.99 Å². The summed E-state index contributed by atoms with van der Waals surface area (Å²) in [4.78, 5) is 9.96. The molecule has 6 heteroatoms. The molecule has 2 heterocycles. The minimum Gasteiger partial charge on any atom is -0.357 e. The van der Waals surface area contributed by atoms with Crippen LogP contribution in [0.5, 0.6) is 0 Å². The van der Waals surface area contributed by atoms with Crippen molar-refractivity contribution in [2.75, 3.05) is 52.4 Å². The van der Waals surface area contributed by atoms with Crippen molar-refractivity contribution in [3.63, 3.8) is 0 Å². The van der Waals surface area contributed by atoms with Crippen molar-refractivity contribution < 1.29 is 0 Å². The third-order valence-corrected chi connectivity index (χ3v) is 5.62. The van der Waals surface area contributed by atoms with E-state index in [2.05, 4.69) is 40.9 Å². The molecule has 2 aliphatic rings. The number of rotatable bonds is 10. The summed E-state index contributed by atoms with van der Waals surface area (Å²) in [6, 6.07) is 0.545. The molecule has 5 nitrogen and oxygen atoms in total. The second kappa shape index (κ2) is 15.5. The van der Waals surface area contributed by atoms with E-state index in [1.165, 1.54) is 76.6 Å². The normalized spacial score (nSPS) is 19.9. The number of hydrogen-bond donors (Lipinski definition) is 2. The minimum absolute atomic E-state index is 0. The summed E-state index contributed by atoms with van der Waals surface area (Å²) < 4.78 is 0. The van der Waals surface area contributed by atoms with E-state index in [9.17, 15) is 0 Å². The molecule has 2 aliphatic heterocycles. The van der Waals surface area contributed by atoms with E-state index in [1.54, 1.807) is 0 Å². The predicted molar refractivity (Wildman–Crippen MR) is 133 cm³/mol. The molecule has 0 saturated carbocycles. The summed E-state index contributed by atoms with van der Waals surface area (Å²) in [5, 5.41) is 7.07. The topological polar surface area (TPSA) is 42.9 Å². The third kappa shape index (κ3) is 11.0. The molecule has 0 aromatic carbocycles. The average Bonchev–Trinajstić information content (AvgIpc) is 2.66. The fraction of sp³-hybridized carbons (Fsp3) is 0.864. The van der Waals surface area contributed by atoms with Crippen molar-refractivity contribution in [3.05, 3.63) is 12.2 Å². The number of unbranched alkanes of at least 4 members (excludes halogenated alkanes) is 2. The first kappa shape index (κ1) is 25.7. The van der Waals surface area contributed by atoms with Crippen LogP contribution < -0.4 is 10.6 Å². The van der Waals surface area contributed by atoms with Gasteiger partial charge in [-0.3, -0.25) is 9.89 Å². The Balaban J connectivity index is 0.00000392. The molecule has 0 bridgehead atoms. The number of guanidine groups is 1. The maximum absolute atomic E-state index is 4.81. The minimum atomic E-state index is 0. The Morgan fingerprint density at radius 2 is 1.71 bits per heavy atom. The van der Waals surface area contributed by atoms with Crippen LogP contribution in [0.4, 0.5) is 0 Å². The smallest absolute Gasteiger partial charge is 0.191 e. The van der Waals surface area contributed by atoms with Crippen molar-refractivity contribution >= 4 is 29.9 Å². The molecule has 2 fully saturated rings. The molecule has 0 amide bonds. The van der Waals surface area contributed by atoms with E-state index in [0.29, 0.717) is 6.04 Å². The summed E-state index contributed by atoms with van der Waals surface area (Å²) in [7, 11) is 0. The molecule has 28 heavy (non-hydrogen) atoms. The van der Waals surface area contributed by atoms with Crippen molar-refractivity contribution in [1.82, 2.24) is 20.4 Å². The molecule has 0 radical (unpaired) electrons. The quantitative estimate of drug-likeness (QED) is 0.156. The van der Waals surface area contributed by atoms with Gasteiger partial charge >= 0.3 is 0 Å². The second-order valence-corrected chi connectivity index (χ2v) is 8.38. The van der Waals surface area contributed by atoms with Crippen LogP contribution in [0, 0.1) is 0 Å². The summed E-state index contributed by atoms with van der Waals surface area (Å²) in [6.07, 6.45) is 10.4. The lowest BCUT2D eigenvalue weighted by molar-refractivity contribution is 0.221. The van der Waals surface area contributed by atoms with Gasteiger partial charge in [0, 0.05) is 38.8 Å². The van der Waals surface area contributed by atoms with Crippen LogP contribution >= 0.6 is 24.0 Å². The number of hydrogen-bond acceptors (Lipinski definition) is 3. The Kier molecular flexibility index (Phi) is 14.2. The lowest BCUT2D eigenvalue weighted by atomic mass is 10.0. The van der Waals surface area contributed by atoms with Gasteiger partial charge in [0.15, 0.2) is 5.96 Å². The SMILES string of the molecule is C=C(C)CN1CCC(NC(=NCCCCCN2CCCCC2)NCC)CC1.I. The maximum atomic E-state index is 4.81. The zero-order valence-corrected chi connectivity index (χ0v) is 20.7. The molecule has 0 aliphatic carbocycles. The van der Waals surface area contributed by atoms with Gasteiger partial charge in [-0.05, 0) is 72.0 Å². The summed E-state index contributed by atoms with van der Waals surface area (Å²) in [6.45, 7) is 17.4. The van der Waals surface area contributed by atoms with Crippen molar-refractivity contribution in [2.45, 2.75) is 71.3 Å². The lowest BCUT2D eigenvalue weighted by Gasteiger charge is -2.33. The van der Waals surface area contributed by atoms with Gasteiger partial charge in [0.1, 0.15) is 0 Å². The van der Waals surface area contributed by atoms with E-state index >= 15 is 0 Å². The van der Waals surface area contributed by atoms with E-state index < -0.39 is 0 Å². The van der Waals surface area contributed by atoms with Gasteiger partial charge in [0.25, 0.3) is 0 Å². The van der Waals surface area contributed by atoms with Crippen molar-refractivity contribution in [2.24, 2.45) is 4.99 Å². The van der Waals surface area contributed by atoms with Crippen LogP contribution in [0.15, 0.2) is 17.1 Å². The van der Waals surface area contributed by atoms with Crippen molar-refractivity contribution in [1.29, 1.82) is 0 Å². The van der Waals surface area contributed by atoms with Crippen LogP contribution in [0.1, 0.15) is 65.2 Å². The van der Waals surface area contributed by atoms with Gasteiger partial charge in [-0.2, -0.15) is 0 Å². The molecule has 2 rings (SSSR count). The van der Waals surface area contributed by atoms with E-state index in [1.807, 2.05) is 0 Å². The Morgan fingerprint density at radius 1 is 1.00 bits per heavy atom. The number of nitrogens with zero attached hydrogens (tertiary/aromatic N) is 3. The molecule has 2 N–H and O–H groups in total. The number of halogens is 1. The number of nitrogens with one attached hydrogen (secondary N) is 2. The Bertz CT molecular complexity index is 440. The lowest BCUT2D eigenvalue weighted by Crippen LogP contribution is -2.48. The highest BCUT2D eigenvalue weighted by Gasteiger charge is 2.19. The van der Waals surface area contributed by atoms with Crippen LogP contribution in [-0.2, 0) is 0 Å². The number of piperidine rings is 2. The van der Waals surface area contributed by atoms with E-state index in [-0.39, 0.29) is 24.0 Å². The van der Waals surface area contributed by atoms with Gasteiger partial charge in [-0.15, -0.1) is 24.0 Å². The first-order valence-corrected chi connectivity index (χ1v) is 11.3. The van der Waals surface area contributed by atoms with Crippen LogP contribution in [0.2, 0.25) is 0 Å². The van der Waals surface area contributed by atoms with Crippen molar-refractivity contribution in [3.8, 4) is 0 Å². The Morgan fingerprint density at radius 3 is 2.36 bits per heavy atom. The summed E-state index contributed by atoms with van der Waals surface area (Å²) >= 11 is 0. The highest BCUT2D eigenvalue weighted by atomic mass is 127. The standard InChI is InChI=1S/C22H43N5.HI/c1-4-23-22(25-21-11-17-27(18-12-21)19-20(2)3)24-13-7-5-8-14-26-15-9-6-10-16-26;/h21H,2,4-19H2,1,3H3,(H2,23,24,25);1H. The van der Waals surface area contributed by atoms with Gasteiger partial charge in [0.05, 0.1) is 0 Å². The number of likely N-dealkylation sites (tertiary alicyclic amines) is 2. The average molecular weight is 506 g/mol. The zero-order valence-electron chi connectivity index (χ0n) is 18.3. The molecule has 0 spiro atoms. The van der Waals surface area contributed by atoms with Crippen LogP contribution in [-0.4, -0.2) is 74.2 Å². The van der Waals surface area contributed by atoms with Gasteiger partial charge < -0.3 is 15.5 Å². The van der Waals surface area contributed by atoms with E-state index in [0.717, 1.165) is 38.7 Å². The predicted octanol–water partition coefficient (Wildman–Crippen LogP) is 3.86. The largest absolute Gasteiger partial charge is 0.357 e. The molecular formula is C22H44IN5. The van der Waals surface area contributed by atoms with Crippen LogP contribution in [0.25, 0.3) is 0 Å². The summed E-state index contributed by atoms with van der Waals surface area (Å²) in [5.74, 6) is 1.01. The molecule has 0 aromatic rings. The third-order valence-electron chi connectivity index (χ3n) is 5.62. The summed E-state index contributed by atoms with van der Waals surface area (Å²) in [5.41, 5.74) is 1.26. The van der Waals surface area contributed by atoms with Gasteiger partial charge in [-0.25, -0.2) is 0 Å². The second-order valence-electron chi connectivity index (χ2n) is 8.38. The first-order valence-electron chi connectivity index (χ1n) is 11.3. The molecule has 0 atom stereocenters. The molecule has 164 valence electrons. The fourth-order valence-corrected chi connectivity index (χ4v) is 4.13. The van der Waals surface area contributed by atoms with Gasteiger partial charge in [-0.1, -0.05) is 25.0 Å². The first-order chi connectivity index (χ1) is 13.2. The number of aliphatic imine (C=N–C) groups is 1. The van der Waals surface area contributed by atoms with Crippen LogP contribution in [0.3, 0.4) is 0 Å². The maximum Gasteiger partial charge on any atom is 0.191 e. The highest BCUT2D eigenvalue weighted by molar-refractivity contribution is 14.0. The Hall–Kier alpha value is -0.340. The Labute approximate surface area is 190 Å². The van der Waals surface area contributed by atoms with Gasteiger partial charge in [0.2, 0.25) is 0 Å². The molecular weight excluding hydrogens is 461 g/mol. The molecule has 0 unspecified atom stereocenters. The fourth-order valence-electron chi connectivity index (χ4n) is 4.13. The molecule has 0 aromatic heterocycles. The monoisotopic (exact) mass is 505 g/mol. The highest BCUT2D eigenvalue weighted by Crippen LogP contribution is 2.12.